The fourth-order valence-corrected chi connectivity index (χ4v) is 2.77. The molecule has 0 spiro atoms. The third-order valence-electron chi connectivity index (χ3n) is 3.48. The molecule has 2 aromatic carbocycles. The normalized spacial score (nSPS) is 10.8. The average Bonchev–Trinajstić information content (AvgIpc) is 2.90. The average molecular weight is 333 g/mol. The predicted octanol–water partition coefficient (Wildman–Crippen LogP) is 4.45. The minimum absolute atomic E-state index is 0.115. The molecule has 1 aromatic heterocycles. The van der Waals surface area contributed by atoms with Gasteiger partial charge >= 0.3 is 0 Å². The molecule has 3 rings (SSSR count). The highest BCUT2D eigenvalue weighted by Gasteiger charge is 2.11. The number of benzene rings is 2. The molecule has 0 bridgehead atoms. The van der Waals surface area contributed by atoms with E-state index in [9.17, 15) is 4.79 Å². The Balaban J connectivity index is 1.67. The number of nitrogens with one attached hydrogen (secondary N) is 2. The zero-order chi connectivity index (χ0) is 15.5. The predicted molar refractivity (Wildman–Crippen MR) is 90.8 cm³/mol. The Kier molecular flexibility index (Phi) is 4.36. The zero-order valence-corrected chi connectivity index (χ0v) is 13.2. The topological polar surface area (TPSA) is 44.9 Å². The third kappa shape index (κ3) is 3.26. The molecule has 3 nitrogen and oxygen atoms in total. The fourth-order valence-electron chi connectivity index (χ4n) is 2.39. The van der Waals surface area contributed by atoms with Crippen LogP contribution in [0.1, 0.15) is 15.9 Å². The van der Waals surface area contributed by atoms with Crippen LogP contribution in [0.15, 0.2) is 48.7 Å². The molecule has 1 amide bonds. The number of halogens is 2. The van der Waals surface area contributed by atoms with Gasteiger partial charge in [0.2, 0.25) is 0 Å². The number of carbonyl (C=O) groups is 1. The van der Waals surface area contributed by atoms with Crippen molar-refractivity contribution < 1.29 is 4.79 Å². The van der Waals surface area contributed by atoms with E-state index in [0.29, 0.717) is 22.2 Å². The van der Waals surface area contributed by atoms with Gasteiger partial charge in [0.05, 0.1) is 5.56 Å². The molecule has 0 aliphatic heterocycles. The molecule has 2 N–H and O–H groups in total. The summed E-state index contributed by atoms with van der Waals surface area (Å²) in [5.74, 6) is -0.115. The van der Waals surface area contributed by atoms with Crippen molar-refractivity contribution in [1.82, 2.24) is 10.3 Å². The van der Waals surface area contributed by atoms with Crippen molar-refractivity contribution in [3.8, 4) is 0 Å². The summed E-state index contributed by atoms with van der Waals surface area (Å²) in [7, 11) is 0. The van der Waals surface area contributed by atoms with Gasteiger partial charge in [-0.3, -0.25) is 4.79 Å². The lowest BCUT2D eigenvalue weighted by Crippen LogP contribution is -2.25. The van der Waals surface area contributed by atoms with Crippen molar-refractivity contribution in [3.05, 3.63) is 69.8 Å². The quantitative estimate of drug-likeness (QED) is 0.728. The van der Waals surface area contributed by atoms with Crippen molar-refractivity contribution >= 4 is 40.0 Å². The minimum Gasteiger partial charge on any atom is -0.360 e. The Hall–Kier alpha value is -1.97. The molecule has 0 aliphatic carbocycles. The van der Waals surface area contributed by atoms with Crippen molar-refractivity contribution in [3.63, 3.8) is 0 Å². The van der Waals surface area contributed by atoms with Crippen molar-refractivity contribution in [2.24, 2.45) is 0 Å². The molecule has 0 saturated heterocycles. The van der Waals surface area contributed by atoms with Crippen molar-refractivity contribution in [2.75, 3.05) is 6.54 Å². The number of H-pyrrole nitrogens is 1. The summed E-state index contributed by atoms with van der Waals surface area (Å²) in [6.45, 7) is 0.548. The maximum Gasteiger partial charge on any atom is 0.253 e. The molecule has 22 heavy (non-hydrogen) atoms. The fraction of sp³-hybridized carbons (Fsp3) is 0.118. The number of aromatic amines is 1. The number of fused-ring (bicyclic) bond motifs is 1. The van der Waals surface area contributed by atoms with E-state index < -0.39 is 0 Å². The van der Waals surface area contributed by atoms with Crippen LogP contribution in [0, 0.1) is 0 Å². The first-order valence-electron chi connectivity index (χ1n) is 6.93. The van der Waals surface area contributed by atoms with Crippen LogP contribution in [0.4, 0.5) is 0 Å². The van der Waals surface area contributed by atoms with Gasteiger partial charge in [-0.15, -0.1) is 0 Å². The van der Waals surface area contributed by atoms with E-state index in [-0.39, 0.29) is 5.91 Å². The minimum atomic E-state index is -0.115. The number of hydrogen-bond donors (Lipinski definition) is 2. The highest BCUT2D eigenvalue weighted by molar-refractivity contribution is 6.31. The highest BCUT2D eigenvalue weighted by Crippen LogP contribution is 2.22. The number of aromatic nitrogens is 1. The maximum atomic E-state index is 12.3. The van der Waals surface area contributed by atoms with Crippen LogP contribution in [-0.2, 0) is 6.42 Å². The molecule has 0 atom stereocenters. The Morgan fingerprint density at radius 3 is 2.73 bits per heavy atom. The smallest absolute Gasteiger partial charge is 0.253 e. The van der Waals surface area contributed by atoms with Gasteiger partial charge in [-0.05, 0) is 42.3 Å². The molecule has 5 heteroatoms. The van der Waals surface area contributed by atoms with Crippen LogP contribution in [0.3, 0.4) is 0 Å². The molecule has 1 heterocycles. The van der Waals surface area contributed by atoms with E-state index in [4.69, 9.17) is 23.2 Å². The lowest BCUT2D eigenvalue weighted by atomic mass is 10.1. The Labute approximate surface area is 138 Å². The van der Waals surface area contributed by atoms with E-state index in [2.05, 4.69) is 10.3 Å². The van der Waals surface area contributed by atoms with Gasteiger partial charge in [0.1, 0.15) is 0 Å². The van der Waals surface area contributed by atoms with Crippen LogP contribution in [0.25, 0.3) is 10.9 Å². The molecule has 0 radical (unpaired) electrons. The van der Waals surface area contributed by atoms with Crippen LogP contribution < -0.4 is 5.32 Å². The lowest BCUT2D eigenvalue weighted by molar-refractivity contribution is 0.0956. The lowest BCUT2D eigenvalue weighted by Gasteiger charge is -2.05. The van der Waals surface area contributed by atoms with Gasteiger partial charge in [0.25, 0.3) is 5.91 Å². The first-order chi connectivity index (χ1) is 10.6. The second kappa shape index (κ2) is 6.42. The van der Waals surface area contributed by atoms with E-state index >= 15 is 0 Å². The largest absolute Gasteiger partial charge is 0.360 e. The number of hydrogen-bond acceptors (Lipinski definition) is 1. The molecular weight excluding hydrogens is 319 g/mol. The van der Waals surface area contributed by atoms with Gasteiger partial charge in [-0.1, -0.05) is 35.3 Å². The molecule has 3 aromatic rings. The van der Waals surface area contributed by atoms with E-state index in [0.717, 1.165) is 22.9 Å². The maximum absolute atomic E-state index is 12.3. The number of amides is 1. The standard InChI is InChI=1S/C17H14Cl2N2O/c18-12-3-1-2-11(8-12)6-7-20-17(22)15-10-21-16-5-4-13(19)9-14(15)16/h1-5,8-10,21H,6-7H2,(H,20,22). The number of rotatable bonds is 4. The first kappa shape index (κ1) is 14.9. The van der Waals surface area contributed by atoms with Crippen LogP contribution in [-0.4, -0.2) is 17.4 Å². The van der Waals surface area contributed by atoms with Crippen LogP contribution >= 0.6 is 23.2 Å². The first-order valence-corrected chi connectivity index (χ1v) is 7.68. The van der Waals surface area contributed by atoms with E-state index in [1.165, 1.54) is 0 Å². The van der Waals surface area contributed by atoms with Crippen molar-refractivity contribution in [1.29, 1.82) is 0 Å². The second-order valence-electron chi connectivity index (χ2n) is 5.03. The Morgan fingerprint density at radius 2 is 1.91 bits per heavy atom. The van der Waals surface area contributed by atoms with Gasteiger partial charge in [-0.25, -0.2) is 0 Å². The summed E-state index contributed by atoms with van der Waals surface area (Å²) >= 11 is 11.9. The molecule has 112 valence electrons. The summed E-state index contributed by atoms with van der Waals surface area (Å²) in [5, 5.41) is 5.06. The highest BCUT2D eigenvalue weighted by atomic mass is 35.5. The summed E-state index contributed by atoms with van der Waals surface area (Å²) in [4.78, 5) is 15.4. The molecule has 0 fully saturated rings. The Morgan fingerprint density at radius 1 is 1.09 bits per heavy atom. The Bertz CT molecular complexity index is 826. The monoisotopic (exact) mass is 332 g/mol. The second-order valence-corrected chi connectivity index (χ2v) is 5.90. The molecular formula is C17H14Cl2N2O. The van der Waals surface area contributed by atoms with Crippen LogP contribution in [0.2, 0.25) is 10.0 Å². The number of carbonyl (C=O) groups excluding carboxylic acids is 1. The van der Waals surface area contributed by atoms with E-state index in [1.807, 2.05) is 30.3 Å². The SMILES string of the molecule is O=C(NCCc1cccc(Cl)c1)c1c[nH]c2ccc(Cl)cc12. The van der Waals surface area contributed by atoms with Gasteiger partial charge in [0, 0.05) is 33.7 Å². The zero-order valence-electron chi connectivity index (χ0n) is 11.7. The molecule has 0 aliphatic rings. The third-order valence-corrected chi connectivity index (χ3v) is 3.95. The summed E-state index contributed by atoms with van der Waals surface area (Å²) in [6.07, 6.45) is 2.44. The van der Waals surface area contributed by atoms with Gasteiger partial charge in [-0.2, -0.15) is 0 Å². The van der Waals surface area contributed by atoms with Gasteiger partial charge in [0.15, 0.2) is 0 Å². The van der Waals surface area contributed by atoms with E-state index in [1.54, 1.807) is 18.3 Å². The van der Waals surface area contributed by atoms with Crippen LogP contribution in [0.5, 0.6) is 0 Å². The summed E-state index contributed by atoms with van der Waals surface area (Å²) < 4.78 is 0. The van der Waals surface area contributed by atoms with Gasteiger partial charge < -0.3 is 10.3 Å². The van der Waals surface area contributed by atoms with Crippen molar-refractivity contribution in [2.45, 2.75) is 6.42 Å². The summed E-state index contributed by atoms with van der Waals surface area (Å²) in [5.41, 5.74) is 2.59. The molecule has 0 saturated carbocycles. The summed E-state index contributed by atoms with van der Waals surface area (Å²) in [6, 6.07) is 13.1. The molecule has 0 unspecified atom stereocenters.